The second-order valence-electron chi connectivity index (χ2n) is 9.16. The highest BCUT2D eigenvalue weighted by atomic mass is 32.1. The van der Waals surface area contributed by atoms with Gasteiger partial charge in [0, 0.05) is 44.0 Å². The molecule has 3 N–H and O–H groups in total. The third-order valence-electron chi connectivity index (χ3n) is 7.17. The summed E-state index contributed by atoms with van der Waals surface area (Å²) in [6, 6.07) is 10.8. The zero-order chi connectivity index (χ0) is 22.8. The number of fused-ring (bicyclic) bond motifs is 1. The molecular formula is C26H32N6S. The quantitative estimate of drug-likeness (QED) is 0.610. The molecular weight excluding hydrogens is 428 g/mol. The first-order valence-electron chi connectivity index (χ1n) is 11.9. The third-order valence-corrected chi connectivity index (χ3v) is 8.36. The molecule has 7 heteroatoms. The van der Waals surface area contributed by atoms with E-state index in [1.807, 2.05) is 49.7 Å². The third kappa shape index (κ3) is 4.43. The highest BCUT2D eigenvalue weighted by molar-refractivity contribution is 7.17. The predicted octanol–water partition coefficient (Wildman–Crippen LogP) is 3.74. The summed E-state index contributed by atoms with van der Waals surface area (Å²) in [5, 5.41) is 20.7. The van der Waals surface area contributed by atoms with Gasteiger partial charge in [0.1, 0.15) is 0 Å². The van der Waals surface area contributed by atoms with Crippen LogP contribution in [0.1, 0.15) is 36.1 Å². The van der Waals surface area contributed by atoms with Gasteiger partial charge in [0.05, 0.1) is 22.2 Å². The van der Waals surface area contributed by atoms with Crippen molar-refractivity contribution in [2.75, 3.05) is 45.2 Å². The largest absolute Gasteiger partial charge is 0.391 e. The fourth-order valence-electron chi connectivity index (χ4n) is 5.38. The number of hydrogen-bond donors (Lipinski definition) is 3. The van der Waals surface area contributed by atoms with E-state index in [9.17, 15) is 5.26 Å². The second kappa shape index (κ2) is 9.68. The maximum Gasteiger partial charge on any atom is 0.186 e. The summed E-state index contributed by atoms with van der Waals surface area (Å²) < 4.78 is 0. The molecule has 2 saturated heterocycles. The van der Waals surface area contributed by atoms with Crippen LogP contribution in [0.15, 0.2) is 41.6 Å². The molecule has 5 rings (SSSR count). The Kier molecular flexibility index (Phi) is 6.50. The molecule has 33 heavy (non-hydrogen) atoms. The van der Waals surface area contributed by atoms with Crippen molar-refractivity contribution < 1.29 is 0 Å². The molecule has 2 aromatic rings. The molecule has 0 saturated carbocycles. The Hall–Kier alpha value is -2.66. The Morgan fingerprint density at radius 1 is 1.21 bits per heavy atom. The summed E-state index contributed by atoms with van der Waals surface area (Å²) in [4.78, 5) is 8.98. The highest BCUT2D eigenvalue weighted by Gasteiger charge is 2.34. The Morgan fingerprint density at radius 3 is 2.82 bits per heavy atom. The van der Waals surface area contributed by atoms with Gasteiger partial charge in [-0.2, -0.15) is 5.26 Å². The van der Waals surface area contributed by atoms with Crippen LogP contribution in [0.4, 0.5) is 5.13 Å². The number of nitriles is 1. The average Bonchev–Trinajstić information content (AvgIpc) is 3.51. The molecule has 1 aromatic carbocycles. The first-order chi connectivity index (χ1) is 16.2. The van der Waals surface area contributed by atoms with Gasteiger partial charge in [0.2, 0.25) is 0 Å². The molecule has 1 aromatic heterocycles. The lowest BCUT2D eigenvalue weighted by atomic mass is 9.93. The lowest BCUT2D eigenvalue weighted by Gasteiger charge is -2.34. The van der Waals surface area contributed by atoms with Crippen molar-refractivity contribution in [2.45, 2.75) is 31.7 Å². The number of aromatic nitrogens is 1. The summed E-state index contributed by atoms with van der Waals surface area (Å²) in [6.45, 7) is 4.14. The number of anilines is 1. The second-order valence-corrected chi connectivity index (χ2v) is 10.1. The zero-order valence-electron chi connectivity index (χ0n) is 19.4. The molecule has 2 unspecified atom stereocenters. The van der Waals surface area contributed by atoms with Crippen LogP contribution in [0.2, 0.25) is 0 Å². The minimum Gasteiger partial charge on any atom is -0.391 e. The van der Waals surface area contributed by atoms with Crippen molar-refractivity contribution in [1.82, 2.24) is 20.9 Å². The molecule has 0 radical (unpaired) electrons. The van der Waals surface area contributed by atoms with Crippen molar-refractivity contribution in [1.29, 1.82) is 5.26 Å². The molecule has 6 nitrogen and oxygen atoms in total. The predicted molar refractivity (Wildman–Crippen MR) is 136 cm³/mol. The fraction of sp³-hybridized carbons (Fsp3) is 0.462. The van der Waals surface area contributed by atoms with E-state index in [2.05, 4.69) is 33.0 Å². The van der Waals surface area contributed by atoms with Crippen LogP contribution in [0.3, 0.4) is 0 Å². The van der Waals surface area contributed by atoms with Crippen LogP contribution in [0.25, 0.3) is 16.8 Å². The van der Waals surface area contributed by atoms with Gasteiger partial charge in [-0.3, -0.25) is 0 Å². The summed E-state index contributed by atoms with van der Waals surface area (Å²) in [6.07, 6.45) is 6.82. The number of nitrogens with zero attached hydrogens (tertiary/aromatic N) is 3. The monoisotopic (exact) mass is 460 g/mol. The average molecular weight is 461 g/mol. The molecule has 1 aliphatic carbocycles. The van der Waals surface area contributed by atoms with Gasteiger partial charge in [-0.1, -0.05) is 29.5 Å². The number of nitrogens with one attached hydrogen (secondary N) is 3. The molecule has 3 heterocycles. The van der Waals surface area contributed by atoms with E-state index in [0.29, 0.717) is 11.6 Å². The van der Waals surface area contributed by atoms with Crippen molar-refractivity contribution in [3.8, 4) is 17.3 Å². The van der Waals surface area contributed by atoms with Gasteiger partial charge < -0.3 is 20.9 Å². The van der Waals surface area contributed by atoms with Gasteiger partial charge in [-0.15, -0.1) is 0 Å². The fourth-order valence-corrected chi connectivity index (χ4v) is 6.55. The minimum atomic E-state index is 0.675. The van der Waals surface area contributed by atoms with Gasteiger partial charge >= 0.3 is 0 Å². The molecule has 0 bridgehead atoms. The number of piperidine rings is 1. The topological polar surface area (TPSA) is 76.0 Å². The smallest absolute Gasteiger partial charge is 0.186 e. The normalized spacial score (nSPS) is 22.7. The molecule has 0 spiro atoms. The first-order valence-corrected chi connectivity index (χ1v) is 12.8. The van der Waals surface area contributed by atoms with Crippen molar-refractivity contribution >= 4 is 22.0 Å². The standard InChI is InChI=1S/C26H32N6S/c1-28-15-21-13-19(7-8-22(21)29-2)25-24(18-5-3-17(14-27)4-6-18)31-26(33-25)32-12-10-23-20(16-32)9-11-30-23/h3-6,13,20,23,28-30H,7-12,15-16H2,1-2H3. The minimum absolute atomic E-state index is 0.675. The van der Waals surface area contributed by atoms with Gasteiger partial charge in [0.15, 0.2) is 5.13 Å². The molecule has 2 aliphatic heterocycles. The van der Waals surface area contributed by atoms with Crippen LogP contribution in [0, 0.1) is 17.2 Å². The van der Waals surface area contributed by atoms with E-state index in [4.69, 9.17) is 4.98 Å². The van der Waals surface area contributed by atoms with Crippen LogP contribution >= 0.6 is 11.3 Å². The van der Waals surface area contributed by atoms with E-state index >= 15 is 0 Å². The number of thiazole rings is 1. The number of hydrogen-bond acceptors (Lipinski definition) is 7. The van der Waals surface area contributed by atoms with Crippen molar-refractivity contribution in [2.24, 2.45) is 5.92 Å². The summed E-state index contributed by atoms with van der Waals surface area (Å²) in [5.74, 6) is 0.724. The Labute approximate surface area is 200 Å². The summed E-state index contributed by atoms with van der Waals surface area (Å²) in [5.41, 5.74) is 6.81. The number of allylic oxidation sites excluding steroid dienone is 2. The summed E-state index contributed by atoms with van der Waals surface area (Å²) >= 11 is 1.84. The number of likely N-dealkylation sites (N-methyl/N-ethyl adjacent to an activating group) is 1. The van der Waals surface area contributed by atoms with Gasteiger partial charge in [0.25, 0.3) is 0 Å². The number of benzene rings is 1. The van der Waals surface area contributed by atoms with E-state index < -0.39 is 0 Å². The SMILES string of the molecule is CNCC1=C(NC)CCC(c2sc(N3CCC4NCCC4C3)nc2-c2ccc(C#N)cc2)=C1. The number of rotatable bonds is 6. The molecule has 2 fully saturated rings. The van der Waals surface area contributed by atoms with Crippen LogP contribution < -0.4 is 20.9 Å². The van der Waals surface area contributed by atoms with Gasteiger partial charge in [-0.05, 0) is 68.5 Å². The molecule has 172 valence electrons. The maximum absolute atomic E-state index is 9.23. The van der Waals surface area contributed by atoms with Crippen molar-refractivity contribution in [3.05, 3.63) is 52.1 Å². The maximum atomic E-state index is 9.23. The van der Waals surface area contributed by atoms with E-state index in [1.54, 1.807) is 0 Å². The van der Waals surface area contributed by atoms with Crippen LogP contribution in [0.5, 0.6) is 0 Å². The first kappa shape index (κ1) is 22.1. The molecule has 3 aliphatic rings. The van der Waals surface area contributed by atoms with Gasteiger partial charge in [-0.25, -0.2) is 4.98 Å². The summed E-state index contributed by atoms with van der Waals surface area (Å²) in [7, 11) is 4.01. The van der Waals surface area contributed by atoms with E-state index in [-0.39, 0.29) is 0 Å². The molecule has 0 amide bonds. The lowest BCUT2D eigenvalue weighted by Crippen LogP contribution is -2.44. The Bertz CT molecular complexity index is 1110. The van der Waals surface area contributed by atoms with Crippen LogP contribution in [-0.4, -0.2) is 51.3 Å². The van der Waals surface area contributed by atoms with Crippen molar-refractivity contribution in [3.63, 3.8) is 0 Å². The lowest BCUT2D eigenvalue weighted by molar-refractivity contribution is 0.376. The highest BCUT2D eigenvalue weighted by Crippen LogP contribution is 2.42. The van der Waals surface area contributed by atoms with E-state index in [0.717, 1.165) is 61.3 Å². The van der Waals surface area contributed by atoms with E-state index in [1.165, 1.54) is 34.6 Å². The Balaban J connectivity index is 1.54. The Morgan fingerprint density at radius 2 is 2.06 bits per heavy atom. The van der Waals surface area contributed by atoms with Crippen LogP contribution in [-0.2, 0) is 0 Å². The zero-order valence-corrected chi connectivity index (χ0v) is 20.3. The molecule has 2 atom stereocenters.